The van der Waals surface area contributed by atoms with Gasteiger partial charge in [0.25, 0.3) is 5.91 Å². The number of nitrogens with zero attached hydrogens (tertiary/aromatic N) is 3. The number of H-pyrrole nitrogens is 1. The van der Waals surface area contributed by atoms with Gasteiger partial charge in [-0.3, -0.25) is 4.79 Å². The Kier molecular flexibility index (Phi) is 7.97. The van der Waals surface area contributed by atoms with Gasteiger partial charge in [-0.1, -0.05) is 48.8 Å². The number of aryl methyl sites for hydroxylation is 1. The van der Waals surface area contributed by atoms with Gasteiger partial charge in [0, 0.05) is 31.2 Å². The summed E-state index contributed by atoms with van der Waals surface area (Å²) < 4.78 is 6.09. The number of piperidine rings is 1. The first kappa shape index (κ1) is 25.9. The van der Waals surface area contributed by atoms with Crippen molar-refractivity contribution in [1.82, 2.24) is 25.6 Å². The van der Waals surface area contributed by atoms with Crippen LogP contribution in [0.4, 0.5) is 5.13 Å². The van der Waals surface area contributed by atoms with Crippen LogP contribution in [-0.4, -0.2) is 64.7 Å². The van der Waals surface area contributed by atoms with Crippen molar-refractivity contribution in [3.8, 4) is 0 Å². The van der Waals surface area contributed by atoms with Crippen molar-refractivity contribution < 1.29 is 14.3 Å². The number of rotatable bonds is 8. The van der Waals surface area contributed by atoms with Crippen molar-refractivity contribution in [1.29, 1.82) is 0 Å². The molecule has 37 heavy (non-hydrogen) atoms. The molecule has 1 aliphatic carbocycles. The highest BCUT2D eigenvalue weighted by Crippen LogP contribution is 2.33. The minimum atomic E-state index is -0.324. The average molecular weight is 545 g/mol. The van der Waals surface area contributed by atoms with Gasteiger partial charge in [0.05, 0.1) is 28.1 Å². The third-order valence-corrected chi connectivity index (χ3v) is 8.68. The van der Waals surface area contributed by atoms with Gasteiger partial charge in [-0.15, -0.1) is 0 Å². The van der Waals surface area contributed by atoms with Crippen LogP contribution in [-0.2, 0) is 11.2 Å². The highest BCUT2D eigenvalue weighted by atomic mass is 35.5. The predicted molar refractivity (Wildman–Crippen MR) is 146 cm³/mol. The molecule has 5 rings (SSSR count). The molecule has 0 spiro atoms. The van der Waals surface area contributed by atoms with E-state index in [0.717, 1.165) is 46.8 Å². The normalized spacial score (nSPS) is 20.5. The summed E-state index contributed by atoms with van der Waals surface area (Å²) in [5.41, 5.74) is 2.11. The van der Waals surface area contributed by atoms with Gasteiger partial charge in [-0.2, -0.15) is 0 Å². The van der Waals surface area contributed by atoms with E-state index in [1.807, 2.05) is 19.1 Å². The second kappa shape index (κ2) is 11.4. The number of aromatic nitrogens is 3. The molecule has 1 amide bonds. The number of esters is 1. The summed E-state index contributed by atoms with van der Waals surface area (Å²) >= 11 is 7.68. The number of hydrogen-bond donors (Lipinski definition) is 3. The lowest BCUT2D eigenvalue weighted by atomic mass is 9.98. The number of imidazole rings is 1. The predicted octanol–water partition coefficient (Wildman–Crippen LogP) is 4.32. The maximum atomic E-state index is 13.0. The quantitative estimate of drug-likeness (QED) is 0.362. The van der Waals surface area contributed by atoms with E-state index in [2.05, 4.69) is 25.5 Å². The number of halogens is 1. The fourth-order valence-corrected chi connectivity index (χ4v) is 6.64. The van der Waals surface area contributed by atoms with E-state index in [1.165, 1.54) is 24.2 Å². The number of benzene rings is 1. The van der Waals surface area contributed by atoms with E-state index >= 15 is 0 Å². The van der Waals surface area contributed by atoms with Crippen molar-refractivity contribution in [3.05, 3.63) is 40.4 Å². The second-order valence-corrected chi connectivity index (χ2v) is 11.0. The molecule has 1 aromatic carbocycles. The fraction of sp³-hybridized carbons (Fsp3) is 0.538. The number of anilines is 1. The Labute approximate surface area is 225 Å². The highest BCUT2D eigenvalue weighted by Gasteiger charge is 2.34. The Morgan fingerprint density at radius 1 is 1.19 bits per heavy atom. The van der Waals surface area contributed by atoms with Crippen LogP contribution in [0.25, 0.3) is 10.2 Å². The molecule has 2 atom stereocenters. The molecule has 0 radical (unpaired) electrons. The minimum Gasteiger partial charge on any atom is -0.462 e. The van der Waals surface area contributed by atoms with Crippen molar-refractivity contribution in [3.63, 3.8) is 0 Å². The van der Waals surface area contributed by atoms with E-state index in [-0.39, 0.29) is 29.8 Å². The maximum Gasteiger partial charge on any atom is 0.339 e. The van der Waals surface area contributed by atoms with E-state index in [0.29, 0.717) is 36.3 Å². The number of carbonyl (C=O) groups excluding carboxylic acids is 2. The smallest absolute Gasteiger partial charge is 0.339 e. The molecule has 0 unspecified atom stereocenters. The van der Waals surface area contributed by atoms with E-state index in [1.54, 1.807) is 13.0 Å². The molecule has 198 valence electrons. The number of nitrogens with one attached hydrogen (secondary N) is 3. The molecular formula is C26H33ClN6O3S. The molecule has 3 N–H and O–H groups in total. The van der Waals surface area contributed by atoms with Crippen molar-refractivity contribution >= 4 is 50.2 Å². The summed E-state index contributed by atoms with van der Waals surface area (Å²) in [6.07, 6.45) is 6.19. The summed E-state index contributed by atoms with van der Waals surface area (Å²) in [6.45, 7) is 5.55. The monoisotopic (exact) mass is 544 g/mol. The topological polar surface area (TPSA) is 112 Å². The van der Waals surface area contributed by atoms with E-state index in [9.17, 15) is 9.59 Å². The first-order chi connectivity index (χ1) is 18.0. The lowest BCUT2D eigenvalue weighted by Gasteiger charge is -2.40. The van der Waals surface area contributed by atoms with Crippen LogP contribution in [0.1, 0.15) is 72.6 Å². The lowest BCUT2D eigenvalue weighted by Crippen LogP contribution is -2.61. The summed E-state index contributed by atoms with van der Waals surface area (Å²) in [6, 6.07) is 6.00. The van der Waals surface area contributed by atoms with Crippen LogP contribution in [0.2, 0.25) is 5.15 Å². The average Bonchev–Trinajstić information content (AvgIpc) is 3.64. The molecule has 3 heterocycles. The van der Waals surface area contributed by atoms with Crippen molar-refractivity contribution in [2.24, 2.45) is 0 Å². The van der Waals surface area contributed by atoms with Crippen LogP contribution in [0.15, 0.2) is 18.2 Å². The van der Waals surface area contributed by atoms with Gasteiger partial charge in [0.15, 0.2) is 16.1 Å². The van der Waals surface area contributed by atoms with Crippen LogP contribution in [0.5, 0.6) is 0 Å². The Bertz CT molecular complexity index is 1270. The number of carbonyl (C=O) groups is 2. The van der Waals surface area contributed by atoms with Gasteiger partial charge >= 0.3 is 5.97 Å². The summed E-state index contributed by atoms with van der Waals surface area (Å²) in [5, 5.41) is 8.25. The summed E-state index contributed by atoms with van der Waals surface area (Å²) in [5.74, 6) is -0.311. The number of aromatic amines is 1. The van der Waals surface area contributed by atoms with Crippen molar-refractivity contribution in [2.45, 2.75) is 70.5 Å². The maximum absolute atomic E-state index is 13.0. The molecule has 3 aromatic rings. The zero-order chi connectivity index (χ0) is 25.9. The van der Waals surface area contributed by atoms with Gasteiger partial charge in [0.2, 0.25) is 0 Å². The van der Waals surface area contributed by atoms with E-state index in [4.69, 9.17) is 21.3 Å². The van der Waals surface area contributed by atoms with Gasteiger partial charge in [-0.05, 0) is 44.7 Å². The molecule has 2 aromatic heterocycles. The van der Waals surface area contributed by atoms with E-state index < -0.39 is 0 Å². The summed E-state index contributed by atoms with van der Waals surface area (Å²) in [4.78, 5) is 39.9. The molecule has 2 fully saturated rings. The number of fused-ring (bicyclic) bond motifs is 1. The number of hydrogen-bond acceptors (Lipinski definition) is 8. The molecule has 1 saturated carbocycles. The Balaban J connectivity index is 1.35. The molecule has 9 nitrogen and oxygen atoms in total. The van der Waals surface area contributed by atoms with Gasteiger partial charge < -0.3 is 25.3 Å². The fourth-order valence-electron chi connectivity index (χ4n) is 5.27. The SMILES string of the molecule is CCOC(=O)c1cccc2nc(N3CC[C@H](NC(=O)c4nc(Cl)c(CC)[nH]4)[C@H](NC4CCCC4)C3)sc12. The lowest BCUT2D eigenvalue weighted by molar-refractivity contribution is 0.0528. The van der Waals surface area contributed by atoms with Crippen LogP contribution in [0.3, 0.4) is 0 Å². The van der Waals surface area contributed by atoms with Crippen LogP contribution in [0, 0.1) is 0 Å². The molecule has 1 saturated heterocycles. The van der Waals surface area contributed by atoms with Crippen LogP contribution >= 0.6 is 22.9 Å². The number of thiazole rings is 1. The molecule has 1 aliphatic heterocycles. The Hall–Kier alpha value is -2.69. The first-order valence-corrected chi connectivity index (χ1v) is 14.3. The third-order valence-electron chi connectivity index (χ3n) is 7.20. The minimum absolute atomic E-state index is 0.0495. The molecule has 2 aliphatic rings. The molecular weight excluding hydrogens is 512 g/mol. The Morgan fingerprint density at radius 2 is 2.00 bits per heavy atom. The highest BCUT2D eigenvalue weighted by molar-refractivity contribution is 7.22. The van der Waals surface area contributed by atoms with Gasteiger partial charge in [-0.25, -0.2) is 14.8 Å². The molecule has 11 heteroatoms. The van der Waals surface area contributed by atoms with Crippen LogP contribution < -0.4 is 15.5 Å². The third kappa shape index (κ3) is 5.61. The summed E-state index contributed by atoms with van der Waals surface area (Å²) in [7, 11) is 0. The zero-order valence-electron chi connectivity index (χ0n) is 21.2. The van der Waals surface area contributed by atoms with Gasteiger partial charge in [0.1, 0.15) is 0 Å². The first-order valence-electron chi connectivity index (χ1n) is 13.1. The number of ether oxygens (including phenoxy) is 1. The second-order valence-electron chi connectivity index (χ2n) is 9.65. The zero-order valence-corrected chi connectivity index (χ0v) is 22.8. The largest absolute Gasteiger partial charge is 0.462 e. The standard InChI is InChI=1S/C26H33ClN6O3S/c1-3-17-22(27)32-23(29-17)24(34)30-18-12-13-33(14-20(18)28-15-8-5-6-9-15)26-31-19-11-7-10-16(21(19)37-26)25(35)36-4-2/h7,10-11,15,18,20,28H,3-6,8-9,12-14H2,1-2H3,(H,29,32)(H,30,34)/t18-,20+/m0/s1. The molecule has 0 bridgehead atoms. The number of amides is 1. The Morgan fingerprint density at radius 3 is 2.73 bits per heavy atom. The van der Waals surface area contributed by atoms with Crippen molar-refractivity contribution in [2.75, 3.05) is 24.6 Å².